The Morgan fingerprint density at radius 2 is 1.24 bits per heavy atom. The van der Waals surface area contributed by atoms with Gasteiger partial charge in [0.25, 0.3) is 0 Å². The first-order chi connectivity index (χ1) is 30.0. The second-order valence-corrected chi connectivity index (χ2v) is 20.4. The standard InChI is InChI=1S/C49H87BN4O9/c1-7-8-9-10-11-12-13-14-15-16-17-23-38(55)31-36(22-18-20-27-51)47(61)54-40(25-26-45(58)59)41(56)29-34(2)46(60)53-39(24-19-21-28-52)42(57)30-35(3)50-62-44-33-37-32-43(48(37,4)5)49(44,6)63-50/h34-37,39-40,43-44H,7-33,51-52H2,1-6H3,(H,53,60)(H,54,61)(H,58,59)/t34-,35-,36-,37+,39+,40+,43+,44-,49+/m1/s1. The molecule has 0 aromatic carbocycles. The molecule has 7 N–H and O–H groups in total. The molecule has 3 saturated carbocycles. The van der Waals surface area contributed by atoms with Gasteiger partial charge in [0.2, 0.25) is 11.8 Å². The number of Topliss-reactive ketones (excluding diaryl/α,β-unsaturated/α-hetero) is 3. The van der Waals surface area contributed by atoms with E-state index < -0.39 is 60.2 Å². The molecule has 13 nitrogen and oxygen atoms in total. The van der Waals surface area contributed by atoms with Crippen LogP contribution >= 0.6 is 0 Å². The summed E-state index contributed by atoms with van der Waals surface area (Å²) >= 11 is 0. The van der Waals surface area contributed by atoms with E-state index in [1.165, 1.54) is 44.9 Å². The second-order valence-electron chi connectivity index (χ2n) is 20.4. The Labute approximate surface area is 380 Å². The number of carbonyl (C=O) groups excluding carboxylic acids is 5. The smallest absolute Gasteiger partial charge is 0.461 e. The van der Waals surface area contributed by atoms with Crippen LogP contribution < -0.4 is 22.1 Å². The van der Waals surface area contributed by atoms with Gasteiger partial charge in [-0.1, -0.05) is 105 Å². The van der Waals surface area contributed by atoms with Crippen LogP contribution in [0.4, 0.5) is 0 Å². The first-order valence-electron chi connectivity index (χ1n) is 25.1. The Hall–Kier alpha value is -2.68. The summed E-state index contributed by atoms with van der Waals surface area (Å²) in [6.07, 6.45) is 18.2. The topological polar surface area (TPSA) is 217 Å². The molecule has 0 aromatic rings. The van der Waals surface area contributed by atoms with Crippen molar-refractivity contribution in [1.29, 1.82) is 0 Å². The number of unbranched alkanes of at least 4 members (excludes halogenated alkanes) is 12. The number of carboxylic acids is 1. The highest BCUT2D eigenvalue weighted by Gasteiger charge is 2.68. The molecule has 9 atom stereocenters. The summed E-state index contributed by atoms with van der Waals surface area (Å²) in [6, 6.07) is -1.95. The van der Waals surface area contributed by atoms with Crippen LogP contribution in [0.5, 0.6) is 0 Å². The highest BCUT2D eigenvalue weighted by Crippen LogP contribution is 2.66. The molecule has 360 valence electrons. The number of aliphatic carboxylic acids is 1. The molecule has 2 amide bonds. The molecule has 4 aliphatic rings. The largest absolute Gasteiger partial charge is 0.481 e. The normalized spacial score (nSPS) is 23.4. The van der Waals surface area contributed by atoms with E-state index in [0.29, 0.717) is 69.9 Å². The van der Waals surface area contributed by atoms with E-state index in [-0.39, 0.29) is 61.0 Å². The Morgan fingerprint density at radius 3 is 1.83 bits per heavy atom. The quantitative estimate of drug-likeness (QED) is 0.0300. The number of rotatable bonds is 36. The van der Waals surface area contributed by atoms with Crippen LogP contribution in [-0.2, 0) is 38.1 Å². The van der Waals surface area contributed by atoms with Gasteiger partial charge in [-0.25, -0.2) is 0 Å². The fourth-order valence-electron chi connectivity index (χ4n) is 10.5. The number of hydrogen-bond donors (Lipinski definition) is 5. The molecule has 0 aromatic heterocycles. The van der Waals surface area contributed by atoms with Crippen molar-refractivity contribution < 1.29 is 43.2 Å². The average Bonchev–Trinajstić information content (AvgIpc) is 3.61. The third-order valence-electron chi connectivity index (χ3n) is 14.8. The van der Waals surface area contributed by atoms with Gasteiger partial charge < -0.3 is 36.5 Å². The van der Waals surface area contributed by atoms with Gasteiger partial charge in [0.15, 0.2) is 11.6 Å². The van der Waals surface area contributed by atoms with Crippen molar-refractivity contribution >= 4 is 42.3 Å². The zero-order valence-electron chi connectivity index (χ0n) is 40.2. The van der Waals surface area contributed by atoms with Crippen molar-refractivity contribution in [2.24, 2.45) is 40.6 Å². The lowest BCUT2D eigenvalue weighted by molar-refractivity contribution is -0.199. The Bertz CT molecular complexity index is 1460. The van der Waals surface area contributed by atoms with Crippen molar-refractivity contribution in [1.82, 2.24) is 10.6 Å². The lowest BCUT2D eigenvalue weighted by Gasteiger charge is -2.64. The van der Waals surface area contributed by atoms with Gasteiger partial charge in [-0.15, -0.1) is 0 Å². The van der Waals surface area contributed by atoms with Gasteiger partial charge in [0, 0.05) is 43.9 Å². The third-order valence-corrected chi connectivity index (χ3v) is 14.8. The number of hydrogen-bond acceptors (Lipinski definition) is 10. The average molecular weight is 887 g/mol. The summed E-state index contributed by atoms with van der Waals surface area (Å²) in [4.78, 5) is 79.8. The van der Waals surface area contributed by atoms with Gasteiger partial charge in [0.1, 0.15) is 5.78 Å². The predicted molar refractivity (Wildman–Crippen MR) is 249 cm³/mol. The van der Waals surface area contributed by atoms with Crippen molar-refractivity contribution in [2.75, 3.05) is 13.1 Å². The van der Waals surface area contributed by atoms with Crippen LogP contribution in [0.2, 0.25) is 5.82 Å². The fourth-order valence-corrected chi connectivity index (χ4v) is 10.5. The van der Waals surface area contributed by atoms with E-state index >= 15 is 0 Å². The SMILES string of the molecule is CCCCCCCCCCCCCC(=O)C[C@@H](CCCCN)C(=O)N[C@@H](CCC(=O)O)C(=O)C[C@@H](C)C(=O)N[C@@H](CCCCN)C(=O)C[C@@H](C)B1O[C@@H]2C[C@@H]3C[C@@H](C3(C)C)[C@]2(C)O1. The number of amides is 2. The number of ketones is 3. The summed E-state index contributed by atoms with van der Waals surface area (Å²) in [5.74, 6) is -3.48. The number of carboxylic acid groups (broad SMARTS) is 1. The molecular weight excluding hydrogens is 799 g/mol. The van der Waals surface area contributed by atoms with E-state index in [4.69, 9.17) is 20.8 Å². The van der Waals surface area contributed by atoms with E-state index in [1.807, 2.05) is 6.92 Å². The minimum Gasteiger partial charge on any atom is -0.481 e. The van der Waals surface area contributed by atoms with Crippen molar-refractivity contribution in [3.63, 3.8) is 0 Å². The van der Waals surface area contributed by atoms with Crippen LogP contribution in [0.15, 0.2) is 0 Å². The van der Waals surface area contributed by atoms with Crippen LogP contribution in [0, 0.1) is 29.1 Å². The summed E-state index contributed by atoms with van der Waals surface area (Å²) in [7, 11) is -0.526. The summed E-state index contributed by atoms with van der Waals surface area (Å²) < 4.78 is 13.1. The summed E-state index contributed by atoms with van der Waals surface area (Å²) in [6.45, 7) is 13.4. The number of carbonyl (C=O) groups is 6. The molecule has 0 radical (unpaired) electrons. The molecule has 1 heterocycles. The third kappa shape index (κ3) is 17.2. The Balaban J connectivity index is 1.56. The van der Waals surface area contributed by atoms with Gasteiger partial charge in [0.05, 0.1) is 23.8 Å². The molecule has 14 heteroatoms. The van der Waals surface area contributed by atoms with Crippen molar-refractivity contribution in [2.45, 2.75) is 232 Å². The van der Waals surface area contributed by atoms with Crippen LogP contribution in [0.1, 0.15) is 202 Å². The number of nitrogens with one attached hydrogen (secondary N) is 2. The summed E-state index contributed by atoms with van der Waals surface area (Å²) in [5, 5.41) is 15.2. The first kappa shape index (κ1) is 54.7. The van der Waals surface area contributed by atoms with E-state index in [0.717, 1.165) is 38.5 Å². The minimum atomic E-state index is -1.15. The maximum absolute atomic E-state index is 13.9. The molecule has 0 spiro atoms. The minimum absolute atomic E-state index is 0.00138. The monoisotopic (exact) mass is 887 g/mol. The molecular formula is C49H87BN4O9. The van der Waals surface area contributed by atoms with Crippen LogP contribution in [0.3, 0.4) is 0 Å². The van der Waals surface area contributed by atoms with Gasteiger partial charge in [-0.3, -0.25) is 28.8 Å². The molecule has 1 aliphatic heterocycles. The lowest BCUT2D eigenvalue weighted by atomic mass is 9.43. The molecule has 1 saturated heterocycles. The zero-order chi connectivity index (χ0) is 46.6. The highest BCUT2D eigenvalue weighted by molar-refractivity contribution is 6.47. The molecule has 4 rings (SSSR count). The maximum Gasteiger partial charge on any atom is 0.461 e. The van der Waals surface area contributed by atoms with Crippen molar-refractivity contribution in [3.05, 3.63) is 0 Å². The van der Waals surface area contributed by atoms with Gasteiger partial charge in [-0.2, -0.15) is 0 Å². The van der Waals surface area contributed by atoms with Gasteiger partial charge >= 0.3 is 13.1 Å². The molecule has 3 aliphatic carbocycles. The zero-order valence-corrected chi connectivity index (χ0v) is 40.2. The van der Waals surface area contributed by atoms with E-state index in [1.54, 1.807) is 6.92 Å². The molecule has 63 heavy (non-hydrogen) atoms. The van der Waals surface area contributed by atoms with Crippen LogP contribution in [0.25, 0.3) is 0 Å². The second kappa shape index (κ2) is 27.7. The van der Waals surface area contributed by atoms with Crippen molar-refractivity contribution in [3.8, 4) is 0 Å². The van der Waals surface area contributed by atoms with E-state index in [2.05, 4.69) is 38.3 Å². The lowest BCUT2D eigenvalue weighted by Crippen LogP contribution is -2.65. The number of nitrogens with two attached hydrogens (primary N) is 2. The first-order valence-corrected chi connectivity index (χ1v) is 25.1. The molecule has 4 fully saturated rings. The van der Waals surface area contributed by atoms with Gasteiger partial charge in [-0.05, 0) is 101 Å². The molecule has 2 bridgehead atoms. The van der Waals surface area contributed by atoms with Crippen LogP contribution in [-0.4, -0.2) is 84.2 Å². The fraction of sp³-hybridized carbons (Fsp3) is 0.878. The highest BCUT2D eigenvalue weighted by atomic mass is 16.7. The Morgan fingerprint density at radius 1 is 0.683 bits per heavy atom. The predicted octanol–water partition coefficient (Wildman–Crippen LogP) is 8.03. The van der Waals surface area contributed by atoms with E-state index in [9.17, 15) is 33.9 Å². The summed E-state index contributed by atoms with van der Waals surface area (Å²) in [5.41, 5.74) is 11.3. The maximum atomic E-state index is 13.9. The Kier molecular flexibility index (Phi) is 24.0. The molecule has 0 unspecified atom stereocenters.